The molecule has 0 aromatic heterocycles. The molecular weight excluding hydrogens is 284 g/mol. The monoisotopic (exact) mass is 304 g/mol. The molecule has 120 valence electrons. The van der Waals surface area contributed by atoms with E-state index in [1.165, 1.54) is 6.92 Å². The van der Waals surface area contributed by atoms with E-state index in [-0.39, 0.29) is 23.3 Å². The number of ether oxygens (including phenoxy) is 2. The van der Waals surface area contributed by atoms with E-state index in [1.807, 2.05) is 0 Å². The lowest BCUT2D eigenvalue weighted by atomic mass is 9.97. The quantitative estimate of drug-likeness (QED) is 0.659. The summed E-state index contributed by atoms with van der Waals surface area (Å²) >= 11 is 0. The minimum Gasteiger partial charge on any atom is -0.448 e. The highest BCUT2D eigenvalue weighted by Gasteiger charge is 2.45. The van der Waals surface area contributed by atoms with Crippen molar-refractivity contribution < 1.29 is 33.8 Å². The van der Waals surface area contributed by atoms with E-state index < -0.39 is 18.0 Å². The van der Waals surface area contributed by atoms with Crippen LogP contribution in [0.15, 0.2) is 0 Å². The average molecular weight is 304 g/mol. The van der Waals surface area contributed by atoms with Crippen LogP contribution in [0.2, 0.25) is 0 Å². The Hall–Kier alpha value is -1.71. The standard InChI is InChI=1S/C6H9NO5.C6H11NO2/c1-3-5(9)7(4(2)8)12-6(10)11;7-6-1-3-8-5(6)9-4-2-6/h3H2,1-2H3,(H,10,11);5H,1-4,7H2. The van der Waals surface area contributed by atoms with E-state index in [9.17, 15) is 14.4 Å². The molecule has 2 amide bonds. The Bertz CT molecular complexity index is 402. The van der Waals surface area contributed by atoms with Crippen molar-refractivity contribution in [3.05, 3.63) is 0 Å². The van der Waals surface area contributed by atoms with Crippen molar-refractivity contribution in [1.82, 2.24) is 5.06 Å². The minimum absolute atomic E-state index is 0.00681. The Morgan fingerprint density at radius 1 is 1.33 bits per heavy atom. The van der Waals surface area contributed by atoms with Crippen molar-refractivity contribution in [2.75, 3.05) is 13.2 Å². The Kier molecular flexibility index (Phi) is 6.06. The van der Waals surface area contributed by atoms with Crippen molar-refractivity contribution >= 4 is 18.0 Å². The van der Waals surface area contributed by atoms with Crippen LogP contribution in [0.3, 0.4) is 0 Å². The highest BCUT2D eigenvalue weighted by molar-refractivity contribution is 5.93. The molecule has 9 nitrogen and oxygen atoms in total. The van der Waals surface area contributed by atoms with Crippen LogP contribution in [0.4, 0.5) is 4.79 Å². The molecule has 2 heterocycles. The highest BCUT2D eigenvalue weighted by Crippen LogP contribution is 2.32. The number of carbonyl (C=O) groups is 3. The normalized spacial score (nSPS) is 26.3. The molecule has 0 aromatic carbocycles. The Morgan fingerprint density at radius 2 is 1.86 bits per heavy atom. The number of fused-ring (bicyclic) bond motifs is 1. The van der Waals surface area contributed by atoms with Crippen molar-refractivity contribution in [3.63, 3.8) is 0 Å². The van der Waals surface area contributed by atoms with Gasteiger partial charge in [-0.05, 0) is 12.8 Å². The van der Waals surface area contributed by atoms with Gasteiger partial charge < -0.3 is 20.3 Å². The summed E-state index contributed by atoms with van der Waals surface area (Å²) in [5.41, 5.74) is 5.78. The molecule has 3 N–H and O–H groups in total. The zero-order valence-corrected chi connectivity index (χ0v) is 12.0. The smallest absolute Gasteiger partial charge is 0.448 e. The second kappa shape index (κ2) is 7.34. The molecule has 2 rings (SSSR count). The summed E-state index contributed by atoms with van der Waals surface area (Å²) in [5, 5.41) is 8.32. The molecule has 0 atom stereocenters. The molecule has 0 aliphatic carbocycles. The number of amides is 2. The van der Waals surface area contributed by atoms with Gasteiger partial charge in [0.25, 0.3) is 11.8 Å². The number of hydrogen-bond donors (Lipinski definition) is 2. The van der Waals surface area contributed by atoms with Gasteiger partial charge in [0, 0.05) is 13.3 Å². The first-order chi connectivity index (χ1) is 9.80. The average Bonchev–Trinajstić information content (AvgIpc) is 2.92. The lowest BCUT2D eigenvalue weighted by molar-refractivity contribution is -0.181. The van der Waals surface area contributed by atoms with Crippen molar-refractivity contribution in [3.8, 4) is 0 Å². The van der Waals surface area contributed by atoms with Gasteiger partial charge in [-0.1, -0.05) is 12.0 Å². The molecule has 2 aliphatic rings. The van der Waals surface area contributed by atoms with E-state index >= 15 is 0 Å². The summed E-state index contributed by atoms with van der Waals surface area (Å²) in [7, 11) is 0. The van der Waals surface area contributed by atoms with Crippen LogP contribution in [0.1, 0.15) is 33.1 Å². The summed E-state index contributed by atoms with van der Waals surface area (Å²) in [6.07, 6.45) is 0.131. The molecule has 21 heavy (non-hydrogen) atoms. The zero-order chi connectivity index (χ0) is 16.0. The van der Waals surface area contributed by atoms with E-state index in [1.54, 1.807) is 0 Å². The lowest BCUT2D eigenvalue weighted by Crippen LogP contribution is -2.43. The first-order valence-corrected chi connectivity index (χ1v) is 6.56. The number of hydroxylamine groups is 2. The van der Waals surface area contributed by atoms with E-state index in [4.69, 9.17) is 20.3 Å². The third-order valence-electron chi connectivity index (χ3n) is 3.13. The van der Waals surface area contributed by atoms with E-state index in [2.05, 4.69) is 4.84 Å². The van der Waals surface area contributed by atoms with Crippen LogP contribution >= 0.6 is 0 Å². The first-order valence-electron chi connectivity index (χ1n) is 6.56. The topological polar surface area (TPSA) is 128 Å². The van der Waals surface area contributed by atoms with Crippen LogP contribution in [0, 0.1) is 0 Å². The van der Waals surface area contributed by atoms with Crippen molar-refractivity contribution in [1.29, 1.82) is 0 Å². The molecule has 0 bridgehead atoms. The van der Waals surface area contributed by atoms with E-state index in [0.717, 1.165) is 33.0 Å². The maximum Gasteiger partial charge on any atom is 0.531 e. The van der Waals surface area contributed by atoms with Crippen molar-refractivity contribution in [2.24, 2.45) is 5.73 Å². The fourth-order valence-electron chi connectivity index (χ4n) is 1.97. The number of rotatable bonds is 1. The summed E-state index contributed by atoms with van der Waals surface area (Å²) < 4.78 is 10.5. The highest BCUT2D eigenvalue weighted by atomic mass is 16.8. The summed E-state index contributed by atoms with van der Waals surface area (Å²) in [4.78, 5) is 35.3. The van der Waals surface area contributed by atoms with Gasteiger partial charge in [0.2, 0.25) is 0 Å². The summed E-state index contributed by atoms with van der Waals surface area (Å²) in [6.45, 7) is 4.06. The van der Waals surface area contributed by atoms with Crippen LogP contribution in [-0.2, 0) is 23.9 Å². The molecule has 0 radical (unpaired) electrons. The SMILES string of the molecule is CCC(=O)N(OC(=O)O)C(C)=O.NC12CCOC1OCC2. The number of nitrogens with two attached hydrogens (primary N) is 1. The molecule has 0 unspecified atom stereocenters. The number of nitrogens with zero attached hydrogens (tertiary/aromatic N) is 1. The van der Waals surface area contributed by atoms with Crippen LogP contribution in [0.5, 0.6) is 0 Å². The maximum absolute atomic E-state index is 10.8. The molecule has 0 aromatic rings. The number of hydrogen-bond acceptors (Lipinski definition) is 7. The maximum atomic E-state index is 10.8. The molecule has 2 fully saturated rings. The minimum atomic E-state index is -1.69. The summed E-state index contributed by atoms with van der Waals surface area (Å²) in [5.74, 6) is -1.45. The van der Waals surface area contributed by atoms with Gasteiger partial charge in [0.1, 0.15) is 0 Å². The molecule has 9 heteroatoms. The van der Waals surface area contributed by atoms with Crippen LogP contribution in [0.25, 0.3) is 0 Å². The molecule has 2 saturated heterocycles. The third kappa shape index (κ3) is 4.66. The van der Waals surface area contributed by atoms with Crippen LogP contribution < -0.4 is 5.73 Å². The van der Waals surface area contributed by atoms with Crippen LogP contribution in [-0.4, -0.2) is 53.2 Å². The molecule has 0 spiro atoms. The Labute approximate surface area is 121 Å². The van der Waals surface area contributed by atoms with Crippen molar-refractivity contribution in [2.45, 2.75) is 44.9 Å². The van der Waals surface area contributed by atoms with Gasteiger partial charge in [-0.15, -0.1) is 0 Å². The van der Waals surface area contributed by atoms with Gasteiger partial charge >= 0.3 is 6.16 Å². The Balaban J connectivity index is 0.000000216. The first kappa shape index (κ1) is 17.3. The second-order valence-electron chi connectivity index (χ2n) is 4.72. The number of carbonyl (C=O) groups excluding carboxylic acids is 2. The summed E-state index contributed by atoms with van der Waals surface area (Å²) in [6, 6.07) is 0. The number of carboxylic acid groups (broad SMARTS) is 1. The molecule has 0 saturated carbocycles. The van der Waals surface area contributed by atoms with Gasteiger partial charge in [0.05, 0.1) is 18.8 Å². The van der Waals surface area contributed by atoms with E-state index in [0.29, 0.717) is 0 Å². The molecule has 2 aliphatic heterocycles. The Morgan fingerprint density at radius 3 is 2.19 bits per heavy atom. The number of imide groups is 1. The van der Waals surface area contributed by atoms with Gasteiger partial charge in [0.15, 0.2) is 6.29 Å². The van der Waals surface area contributed by atoms with Gasteiger partial charge in [-0.3, -0.25) is 14.4 Å². The lowest BCUT2D eigenvalue weighted by Gasteiger charge is -2.18. The second-order valence-corrected chi connectivity index (χ2v) is 4.72. The zero-order valence-electron chi connectivity index (χ0n) is 12.0. The van der Waals surface area contributed by atoms with Gasteiger partial charge in [-0.2, -0.15) is 0 Å². The fraction of sp³-hybridized carbons (Fsp3) is 0.750. The third-order valence-corrected chi connectivity index (χ3v) is 3.13. The predicted octanol–water partition coefficient (Wildman–Crippen LogP) is 0.232. The fourth-order valence-corrected chi connectivity index (χ4v) is 1.97. The molecular formula is C12H20N2O7. The predicted molar refractivity (Wildman–Crippen MR) is 68.8 cm³/mol. The largest absolute Gasteiger partial charge is 0.531 e. The van der Waals surface area contributed by atoms with Gasteiger partial charge in [-0.25, -0.2) is 4.79 Å².